The zero-order chi connectivity index (χ0) is 14.3. The first-order chi connectivity index (χ1) is 9.08. The van der Waals surface area contributed by atoms with E-state index < -0.39 is 0 Å². The molecule has 0 radical (unpaired) electrons. The lowest BCUT2D eigenvalue weighted by Crippen LogP contribution is -2.32. The number of carbonyl (C=O) groups excluding carboxylic acids is 1. The second-order valence-corrected chi connectivity index (χ2v) is 4.31. The standard InChI is InChI=1S/C14H22N2O3/c1-5-19-13-8-11(6-7-12(13)18-4)9-15-10-14(17)16(2)3/h6-8,15H,5,9-10H2,1-4H3. The van der Waals surface area contributed by atoms with Crippen LogP contribution in [0.5, 0.6) is 11.5 Å². The Labute approximate surface area is 114 Å². The molecule has 0 aliphatic rings. The zero-order valence-electron chi connectivity index (χ0n) is 12.0. The molecule has 0 atom stereocenters. The minimum atomic E-state index is 0.0542. The second-order valence-electron chi connectivity index (χ2n) is 4.31. The van der Waals surface area contributed by atoms with Gasteiger partial charge in [-0.25, -0.2) is 0 Å². The Kier molecular flexibility index (Phi) is 6.15. The van der Waals surface area contributed by atoms with Gasteiger partial charge in [-0.3, -0.25) is 4.79 Å². The van der Waals surface area contributed by atoms with E-state index in [0.29, 0.717) is 19.7 Å². The lowest BCUT2D eigenvalue weighted by Gasteiger charge is -2.13. The number of amides is 1. The predicted octanol–water partition coefficient (Wildman–Crippen LogP) is 1.27. The number of nitrogens with zero attached hydrogens (tertiary/aromatic N) is 1. The minimum Gasteiger partial charge on any atom is -0.493 e. The normalized spacial score (nSPS) is 10.1. The van der Waals surface area contributed by atoms with Gasteiger partial charge in [-0.15, -0.1) is 0 Å². The Morgan fingerprint density at radius 1 is 1.32 bits per heavy atom. The van der Waals surface area contributed by atoms with Crippen LogP contribution in [0.2, 0.25) is 0 Å². The summed E-state index contributed by atoms with van der Waals surface area (Å²) < 4.78 is 10.7. The molecule has 0 saturated heterocycles. The number of rotatable bonds is 7. The number of hydrogen-bond donors (Lipinski definition) is 1. The molecule has 5 nitrogen and oxygen atoms in total. The zero-order valence-corrected chi connectivity index (χ0v) is 12.0. The van der Waals surface area contributed by atoms with Crippen LogP contribution in [0.15, 0.2) is 18.2 Å². The fourth-order valence-electron chi connectivity index (χ4n) is 1.57. The van der Waals surface area contributed by atoms with E-state index in [4.69, 9.17) is 9.47 Å². The maximum Gasteiger partial charge on any atom is 0.236 e. The van der Waals surface area contributed by atoms with Crippen LogP contribution in [-0.4, -0.2) is 45.2 Å². The van der Waals surface area contributed by atoms with Crippen molar-refractivity contribution in [2.75, 3.05) is 34.4 Å². The van der Waals surface area contributed by atoms with Crippen molar-refractivity contribution in [1.82, 2.24) is 10.2 Å². The van der Waals surface area contributed by atoms with Gasteiger partial charge in [-0.1, -0.05) is 6.07 Å². The summed E-state index contributed by atoms with van der Waals surface area (Å²) in [4.78, 5) is 13.0. The maximum absolute atomic E-state index is 11.4. The van der Waals surface area contributed by atoms with E-state index in [2.05, 4.69) is 5.32 Å². The Morgan fingerprint density at radius 2 is 2.05 bits per heavy atom. The molecule has 1 amide bonds. The van der Waals surface area contributed by atoms with Gasteiger partial charge in [0.25, 0.3) is 0 Å². The van der Waals surface area contributed by atoms with Gasteiger partial charge in [0.2, 0.25) is 5.91 Å². The molecule has 0 unspecified atom stereocenters. The van der Waals surface area contributed by atoms with Crippen LogP contribution in [0.1, 0.15) is 12.5 Å². The van der Waals surface area contributed by atoms with E-state index in [1.807, 2.05) is 25.1 Å². The lowest BCUT2D eigenvalue weighted by molar-refractivity contribution is -0.127. The highest BCUT2D eigenvalue weighted by Crippen LogP contribution is 2.27. The third kappa shape index (κ3) is 4.79. The van der Waals surface area contributed by atoms with Crippen molar-refractivity contribution in [2.24, 2.45) is 0 Å². The molecular weight excluding hydrogens is 244 g/mol. The summed E-state index contributed by atoms with van der Waals surface area (Å²) in [5, 5.41) is 3.10. The Hall–Kier alpha value is -1.75. The van der Waals surface area contributed by atoms with Gasteiger partial charge < -0.3 is 19.7 Å². The molecule has 0 spiro atoms. The summed E-state index contributed by atoms with van der Waals surface area (Å²) in [7, 11) is 5.10. The van der Waals surface area contributed by atoms with Gasteiger partial charge in [0.05, 0.1) is 20.3 Å². The van der Waals surface area contributed by atoms with Crippen LogP contribution in [0.25, 0.3) is 0 Å². The molecule has 19 heavy (non-hydrogen) atoms. The van der Waals surface area contributed by atoms with E-state index in [-0.39, 0.29) is 5.91 Å². The average Bonchev–Trinajstić information content (AvgIpc) is 2.39. The van der Waals surface area contributed by atoms with Crippen molar-refractivity contribution in [3.8, 4) is 11.5 Å². The first-order valence-electron chi connectivity index (χ1n) is 6.29. The summed E-state index contributed by atoms with van der Waals surface area (Å²) in [6.07, 6.45) is 0. The van der Waals surface area contributed by atoms with Gasteiger partial charge >= 0.3 is 0 Å². The molecule has 0 fully saturated rings. The molecule has 5 heteroatoms. The number of nitrogens with one attached hydrogen (secondary N) is 1. The van der Waals surface area contributed by atoms with Gasteiger partial charge in [-0.2, -0.15) is 0 Å². The number of methoxy groups -OCH3 is 1. The van der Waals surface area contributed by atoms with Gasteiger partial charge in [-0.05, 0) is 24.6 Å². The third-order valence-electron chi connectivity index (χ3n) is 2.63. The summed E-state index contributed by atoms with van der Waals surface area (Å²) in [5.74, 6) is 1.50. The molecule has 1 aromatic rings. The van der Waals surface area contributed by atoms with Crippen molar-refractivity contribution in [2.45, 2.75) is 13.5 Å². The average molecular weight is 266 g/mol. The van der Waals surface area contributed by atoms with Crippen LogP contribution in [-0.2, 0) is 11.3 Å². The van der Waals surface area contributed by atoms with Crippen molar-refractivity contribution in [3.05, 3.63) is 23.8 Å². The molecule has 106 valence electrons. The van der Waals surface area contributed by atoms with Crippen molar-refractivity contribution in [3.63, 3.8) is 0 Å². The highest BCUT2D eigenvalue weighted by atomic mass is 16.5. The Balaban J connectivity index is 2.59. The maximum atomic E-state index is 11.4. The molecule has 0 bridgehead atoms. The summed E-state index contributed by atoms with van der Waals surface area (Å²) in [6.45, 7) is 3.46. The van der Waals surface area contributed by atoms with E-state index in [1.165, 1.54) is 0 Å². The molecule has 1 rings (SSSR count). The SMILES string of the molecule is CCOc1cc(CNCC(=O)N(C)C)ccc1OC. The molecule has 0 saturated carbocycles. The molecule has 0 heterocycles. The van der Waals surface area contributed by atoms with Crippen molar-refractivity contribution in [1.29, 1.82) is 0 Å². The van der Waals surface area contributed by atoms with Crippen LogP contribution >= 0.6 is 0 Å². The number of hydrogen-bond acceptors (Lipinski definition) is 4. The quantitative estimate of drug-likeness (QED) is 0.807. The Morgan fingerprint density at radius 3 is 2.63 bits per heavy atom. The lowest BCUT2D eigenvalue weighted by atomic mass is 10.2. The summed E-state index contributed by atoms with van der Waals surface area (Å²) >= 11 is 0. The van der Waals surface area contributed by atoms with Gasteiger partial charge in [0, 0.05) is 20.6 Å². The van der Waals surface area contributed by atoms with Crippen molar-refractivity contribution < 1.29 is 14.3 Å². The van der Waals surface area contributed by atoms with E-state index in [0.717, 1.165) is 17.1 Å². The largest absolute Gasteiger partial charge is 0.493 e. The van der Waals surface area contributed by atoms with E-state index in [1.54, 1.807) is 26.1 Å². The smallest absolute Gasteiger partial charge is 0.236 e. The van der Waals surface area contributed by atoms with Crippen molar-refractivity contribution >= 4 is 5.91 Å². The number of benzene rings is 1. The van der Waals surface area contributed by atoms with Gasteiger partial charge in [0.15, 0.2) is 11.5 Å². The van der Waals surface area contributed by atoms with E-state index in [9.17, 15) is 4.79 Å². The molecule has 0 aliphatic carbocycles. The summed E-state index contributed by atoms with van der Waals surface area (Å²) in [5.41, 5.74) is 1.05. The molecule has 0 aliphatic heterocycles. The van der Waals surface area contributed by atoms with Gasteiger partial charge in [0.1, 0.15) is 0 Å². The molecular formula is C14H22N2O3. The number of ether oxygens (including phenoxy) is 2. The monoisotopic (exact) mass is 266 g/mol. The first kappa shape index (κ1) is 15.3. The molecule has 1 aromatic carbocycles. The predicted molar refractivity (Wildman–Crippen MR) is 74.6 cm³/mol. The topological polar surface area (TPSA) is 50.8 Å². The summed E-state index contributed by atoms with van der Waals surface area (Å²) in [6, 6.07) is 5.75. The molecule has 1 N–H and O–H groups in total. The third-order valence-corrected chi connectivity index (χ3v) is 2.63. The van der Waals surface area contributed by atoms with Crippen LogP contribution < -0.4 is 14.8 Å². The fraction of sp³-hybridized carbons (Fsp3) is 0.500. The second kappa shape index (κ2) is 7.63. The van der Waals surface area contributed by atoms with Crippen LogP contribution in [0, 0.1) is 0 Å². The Bertz CT molecular complexity index is 419. The fourth-order valence-corrected chi connectivity index (χ4v) is 1.57. The highest BCUT2D eigenvalue weighted by Gasteiger charge is 2.06. The molecule has 0 aromatic heterocycles. The highest BCUT2D eigenvalue weighted by molar-refractivity contribution is 5.77. The van der Waals surface area contributed by atoms with E-state index >= 15 is 0 Å². The minimum absolute atomic E-state index is 0.0542. The van der Waals surface area contributed by atoms with Crippen LogP contribution in [0.4, 0.5) is 0 Å². The number of carbonyl (C=O) groups is 1. The van der Waals surface area contributed by atoms with Crippen LogP contribution in [0.3, 0.4) is 0 Å². The number of likely N-dealkylation sites (N-methyl/N-ethyl adjacent to an activating group) is 1. The first-order valence-corrected chi connectivity index (χ1v) is 6.29.